The first-order chi connectivity index (χ1) is 15.7. The summed E-state index contributed by atoms with van der Waals surface area (Å²) in [5.41, 5.74) is 10.1. The van der Waals surface area contributed by atoms with Gasteiger partial charge in [0.05, 0.1) is 0 Å². The van der Waals surface area contributed by atoms with Gasteiger partial charge in [0.1, 0.15) is 0 Å². The number of hydrogen-bond acceptors (Lipinski definition) is 3. The Bertz CT molecular complexity index is 1070. The maximum absolute atomic E-state index is 13.1. The molecule has 0 bridgehead atoms. The second-order valence-electron chi connectivity index (χ2n) is 9.53. The number of carbonyl (C=O) groups excluding carboxylic acids is 2. The molecule has 3 aromatic carbocycles. The first kappa shape index (κ1) is 24.2. The lowest BCUT2D eigenvalue weighted by atomic mass is 9.91. The molecule has 5 nitrogen and oxygen atoms in total. The number of anilines is 1. The molecule has 172 valence electrons. The van der Waals surface area contributed by atoms with Crippen molar-refractivity contribution in [1.82, 2.24) is 4.90 Å². The van der Waals surface area contributed by atoms with E-state index in [1.54, 1.807) is 12.1 Å². The highest BCUT2D eigenvalue weighted by molar-refractivity contribution is 6.04. The van der Waals surface area contributed by atoms with Crippen molar-refractivity contribution in [3.63, 3.8) is 0 Å². The first-order valence-corrected chi connectivity index (χ1v) is 11.2. The van der Waals surface area contributed by atoms with Crippen molar-refractivity contribution in [3.05, 3.63) is 101 Å². The van der Waals surface area contributed by atoms with Gasteiger partial charge in [0.2, 0.25) is 5.91 Å². The average Bonchev–Trinajstić information content (AvgIpc) is 2.79. The van der Waals surface area contributed by atoms with Crippen LogP contribution in [-0.2, 0) is 24.4 Å². The minimum absolute atomic E-state index is 0.0972. The number of carbonyl (C=O) groups is 2. The Balaban J connectivity index is 1.72. The van der Waals surface area contributed by atoms with Gasteiger partial charge in [0.15, 0.2) is 0 Å². The smallest absolute Gasteiger partial charge is 0.255 e. The Kier molecular flexibility index (Phi) is 8.01. The Morgan fingerprint density at radius 3 is 2.09 bits per heavy atom. The maximum Gasteiger partial charge on any atom is 0.255 e. The quantitative estimate of drug-likeness (QED) is 0.492. The van der Waals surface area contributed by atoms with E-state index >= 15 is 0 Å². The third-order valence-corrected chi connectivity index (χ3v) is 5.26. The average molecular weight is 444 g/mol. The fourth-order valence-corrected chi connectivity index (χ4v) is 3.58. The van der Waals surface area contributed by atoms with Crippen molar-refractivity contribution in [3.8, 4) is 0 Å². The van der Waals surface area contributed by atoms with E-state index < -0.39 is 0 Å². The summed E-state index contributed by atoms with van der Waals surface area (Å²) in [4.78, 5) is 27.4. The Morgan fingerprint density at radius 2 is 1.45 bits per heavy atom. The second-order valence-corrected chi connectivity index (χ2v) is 9.53. The van der Waals surface area contributed by atoms with Gasteiger partial charge in [-0.3, -0.25) is 9.59 Å². The predicted molar refractivity (Wildman–Crippen MR) is 133 cm³/mol. The molecule has 0 atom stereocenters. The minimum atomic E-state index is -0.148. The van der Waals surface area contributed by atoms with Crippen LogP contribution in [0.25, 0.3) is 0 Å². The van der Waals surface area contributed by atoms with Crippen LogP contribution in [0.2, 0.25) is 0 Å². The molecule has 33 heavy (non-hydrogen) atoms. The molecule has 0 unspecified atom stereocenters. The molecule has 0 aliphatic rings. The van der Waals surface area contributed by atoms with Gasteiger partial charge in [-0.15, -0.1) is 0 Å². The van der Waals surface area contributed by atoms with Crippen LogP contribution in [0.4, 0.5) is 5.69 Å². The normalized spacial score (nSPS) is 11.2. The first-order valence-electron chi connectivity index (χ1n) is 11.2. The van der Waals surface area contributed by atoms with E-state index in [4.69, 9.17) is 5.73 Å². The number of amides is 2. The lowest BCUT2D eigenvalue weighted by molar-refractivity contribution is -0.134. The zero-order valence-electron chi connectivity index (χ0n) is 19.7. The molecule has 0 saturated carbocycles. The highest BCUT2D eigenvalue weighted by Crippen LogP contribution is 2.23. The third kappa shape index (κ3) is 7.58. The minimum Gasteiger partial charge on any atom is -0.334 e. The van der Waals surface area contributed by atoms with E-state index in [1.807, 2.05) is 65.6 Å². The summed E-state index contributed by atoms with van der Waals surface area (Å²) in [6.45, 7) is 7.71. The lowest BCUT2D eigenvalue weighted by Crippen LogP contribution is -2.32. The van der Waals surface area contributed by atoms with Gasteiger partial charge < -0.3 is 16.0 Å². The summed E-state index contributed by atoms with van der Waals surface area (Å²) in [7, 11) is 0. The largest absolute Gasteiger partial charge is 0.334 e. The van der Waals surface area contributed by atoms with E-state index in [0.717, 1.165) is 22.4 Å². The van der Waals surface area contributed by atoms with Crippen molar-refractivity contribution >= 4 is 17.5 Å². The second kappa shape index (κ2) is 10.9. The summed E-state index contributed by atoms with van der Waals surface area (Å²) in [5, 5.41) is 2.91. The van der Waals surface area contributed by atoms with E-state index in [9.17, 15) is 9.59 Å². The molecule has 3 N–H and O–H groups in total. The monoisotopic (exact) mass is 443 g/mol. The molecular weight excluding hydrogens is 410 g/mol. The summed E-state index contributed by atoms with van der Waals surface area (Å²) in [6, 6.07) is 24.8. The molecular formula is C28H33N3O2. The van der Waals surface area contributed by atoms with E-state index in [0.29, 0.717) is 31.6 Å². The van der Waals surface area contributed by atoms with Gasteiger partial charge in [-0.1, -0.05) is 75.4 Å². The molecule has 0 spiro atoms. The number of nitrogens with zero attached hydrogens (tertiary/aromatic N) is 1. The number of nitrogens with one attached hydrogen (secondary N) is 1. The molecule has 0 aliphatic carbocycles. The van der Waals surface area contributed by atoms with Crippen LogP contribution in [0.1, 0.15) is 54.2 Å². The zero-order valence-corrected chi connectivity index (χ0v) is 19.7. The van der Waals surface area contributed by atoms with Crippen LogP contribution in [0.3, 0.4) is 0 Å². The molecule has 0 aliphatic heterocycles. The van der Waals surface area contributed by atoms with Crippen molar-refractivity contribution in [2.75, 3.05) is 5.32 Å². The van der Waals surface area contributed by atoms with Crippen molar-refractivity contribution in [1.29, 1.82) is 0 Å². The molecule has 3 aromatic rings. The number of hydrogen-bond donors (Lipinski definition) is 2. The standard InChI is InChI=1S/C28H33N3O2/c1-28(2,3)17-26(32)31(20-23-9-7-8-22(16-23)18-29)19-21-12-14-25(15-13-21)30-27(33)24-10-5-4-6-11-24/h4-16H,17-20,29H2,1-3H3,(H,30,33). The summed E-state index contributed by atoms with van der Waals surface area (Å²) in [5.74, 6) is -0.0350. The van der Waals surface area contributed by atoms with Gasteiger partial charge in [0, 0.05) is 37.3 Å². The molecule has 0 fully saturated rings. The molecule has 0 radical (unpaired) electrons. The molecule has 0 saturated heterocycles. The van der Waals surface area contributed by atoms with Crippen LogP contribution < -0.4 is 11.1 Å². The number of nitrogens with two attached hydrogens (primary N) is 1. The van der Waals surface area contributed by atoms with Crippen LogP contribution in [0, 0.1) is 5.41 Å². The van der Waals surface area contributed by atoms with Gasteiger partial charge in [-0.2, -0.15) is 0 Å². The van der Waals surface area contributed by atoms with Crippen molar-refractivity contribution in [2.45, 2.75) is 46.8 Å². The van der Waals surface area contributed by atoms with E-state index in [-0.39, 0.29) is 17.2 Å². The summed E-state index contributed by atoms with van der Waals surface area (Å²) < 4.78 is 0. The molecule has 3 rings (SSSR count). The van der Waals surface area contributed by atoms with Crippen molar-refractivity contribution in [2.24, 2.45) is 11.1 Å². The number of rotatable bonds is 8. The Labute approximate surface area is 196 Å². The maximum atomic E-state index is 13.1. The Hall–Kier alpha value is -3.44. The van der Waals surface area contributed by atoms with E-state index in [2.05, 4.69) is 32.2 Å². The fraction of sp³-hybridized carbons (Fsp3) is 0.286. The van der Waals surface area contributed by atoms with Crippen molar-refractivity contribution < 1.29 is 9.59 Å². The van der Waals surface area contributed by atoms with Crippen LogP contribution in [0.5, 0.6) is 0 Å². The van der Waals surface area contributed by atoms with Crippen LogP contribution in [-0.4, -0.2) is 16.7 Å². The predicted octanol–water partition coefficient (Wildman–Crippen LogP) is 5.36. The van der Waals surface area contributed by atoms with Gasteiger partial charge in [-0.05, 0) is 46.4 Å². The zero-order chi connectivity index (χ0) is 23.8. The molecule has 0 heterocycles. The summed E-state index contributed by atoms with van der Waals surface area (Å²) in [6.07, 6.45) is 0.467. The Morgan fingerprint density at radius 1 is 0.818 bits per heavy atom. The molecule has 0 aromatic heterocycles. The van der Waals surface area contributed by atoms with Gasteiger partial charge in [0.25, 0.3) is 5.91 Å². The van der Waals surface area contributed by atoms with Crippen LogP contribution in [0.15, 0.2) is 78.9 Å². The van der Waals surface area contributed by atoms with Crippen LogP contribution >= 0.6 is 0 Å². The molecule has 5 heteroatoms. The molecule has 2 amide bonds. The summed E-state index contributed by atoms with van der Waals surface area (Å²) >= 11 is 0. The highest BCUT2D eigenvalue weighted by Gasteiger charge is 2.22. The van der Waals surface area contributed by atoms with Gasteiger partial charge in [-0.25, -0.2) is 0 Å². The lowest BCUT2D eigenvalue weighted by Gasteiger charge is -2.27. The number of benzene rings is 3. The third-order valence-electron chi connectivity index (χ3n) is 5.26. The fourth-order valence-electron chi connectivity index (χ4n) is 3.58. The van der Waals surface area contributed by atoms with E-state index in [1.165, 1.54) is 0 Å². The SMILES string of the molecule is CC(C)(C)CC(=O)N(Cc1ccc(NC(=O)c2ccccc2)cc1)Cc1cccc(CN)c1. The highest BCUT2D eigenvalue weighted by atomic mass is 16.2. The topological polar surface area (TPSA) is 75.4 Å². The van der Waals surface area contributed by atoms with Gasteiger partial charge >= 0.3 is 0 Å².